The molecule has 4 aromatic rings. The maximum absolute atomic E-state index is 13.5. The van der Waals surface area contributed by atoms with Gasteiger partial charge in [0.1, 0.15) is 6.10 Å². The van der Waals surface area contributed by atoms with Crippen LogP contribution >= 0.6 is 0 Å². The number of imide groups is 1. The fourth-order valence-corrected chi connectivity index (χ4v) is 5.53. The van der Waals surface area contributed by atoms with Crippen LogP contribution in [0.3, 0.4) is 0 Å². The first-order valence-corrected chi connectivity index (χ1v) is 12.1. The van der Waals surface area contributed by atoms with Gasteiger partial charge >= 0.3 is 0 Å². The van der Waals surface area contributed by atoms with Crippen molar-refractivity contribution in [1.82, 2.24) is 0 Å². The number of nitrogens with zero attached hydrogens (tertiary/aromatic N) is 2. The number of carbonyl (C=O) groups is 3. The van der Waals surface area contributed by atoms with Gasteiger partial charge in [0.05, 0.1) is 28.9 Å². The molecule has 1 fully saturated rings. The molecule has 3 amide bonds. The summed E-state index contributed by atoms with van der Waals surface area (Å²) < 4.78 is 6.00. The Kier molecular flexibility index (Phi) is 4.59. The molecule has 6 heteroatoms. The summed E-state index contributed by atoms with van der Waals surface area (Å²) in [5.74, 6) is 4.20. The molecule has 4 aromatic carbocycles. The molecule has 0 N–H and O–H groups in total. The van der Waals surface area contributed by atoms with Gasteiger partial charge in [-0.2, -0.15) is 0 Å². The Morgan fingerprint density at radius 3 is 2.18 bits per heavy atom. The number of carbonyl (C=O) groups excluding carboxylic acids is 3. The zero-order chi connectivity index (χ0) is 26.1. The van der Waals surface area contributed by atoms with Crippen molar-refractivity contribution in [3.63, 3.8) is 0 Å². The van der Waals surface area contributed by atoms with Crippen LogP contribution in [0.5, 0.6) is 0 Å². The number of ether oxygens (including phenoxy) is 1. The highest BCUT2D eigenvalue weighted by atomic mass is 16.6. The zero-order valence-electron chi connectivity index (χ0n) is 20.0. The minimum Gasteiger partial charge on any atom is -0.342 e. The summed E-state index contributed by atoms with van der Waals surface area (Å²) in [5, 5.41) is 1.39. The molecule has 0 bridgehead atoms. The summed E-state index contributed by atoms with van der Waals surface area (Å²) in [7, 11) is 0. The van der Waals surface area contributed by atoms with Crippen molar-refractivity contribution in [2.24, 2.45) is 0 Å². The maximum Gasteiger partial charge on any atom is 0.266 e. The summed E-state index contributed by atoms with van der Waals surface area (Å²) >= 11 is 0. The van der Waals surface area contributed by atoms with E-state index < -0.39 is 18.0 Å². The molecular formula is C32H18N2O4. The smallest absolute Gasteiger partial charge is 0.266 e. The van der Waals surface area contributed by atoms with Crippen molar-refractivity contribution in [3.05, 3.63) is 106 Å². The number of amides is 3. The number of fused-ring (bicyclic) bond motifs is 5. The highest BCUT2D eigenvalue weighted by Crippen LogP contribution is 2.48. The third-order valence-electron chi connectivity index (χ3n) is 7.38. The molecule has 180 valence electrons. The third-order valence-corrected chi connectivity index (χ3v) is 7.38. The minimum atomic E-state index is -0.465. The van der Waals surface area contributed by atoms with E-state index in [1.165, 1.54) is 4.90 Å². The molecule has 0 spiro atoms. The van der Waals surface area contributed by atoms with Crippen LogP contribution in [0.2, 0.25) is 0 Å². The second-order valence-electron chi connectivity index (χ2n) is 9.45. The van der Waals surface area contributed by atoms with Crippen molar-refractivity contribution < 1.29 is 19.1 Å². The number of terminal acetylenes is 2. The molecule has 0 radical (unpaired) electrons. The summed E-state index contributed by atoms with van der Waals surface area (Å²) in [6, 6.07) is 21.3. The number of epoxide rings is 1. The van der Waals surface area contributed by atoms with Gasteiger partial charge in [-0.05, 0) is 53.6 Å². The quantitative estimate of drug-likeness (QED) is 0.232. The van der Waals surface area contributed by atoms with Gasteiger partial charge in [0.25, 0.3) is 11.8 Å². The van der Waals surface area contributed by atoms with E-state index in [0.717, 1.165) is 22.1 Å². The normalized spacial score (nSPS) is 19.4. The second-order valence-corrected chi connectivity index (χ2v) is 9.45. The molecule has 2 atom stereocenters. The van der Waals surface area contributed by atoms with Crippen LogP contribution in [0.15, 0.2) is 72.8 Å². The highest BCUT2D eigenvalue weighted by molar-refractivity contribution is 6.36. The molecule has 2 unspecified atom stereocenters. The van der Waals surface area contributed by atoms with E-state index in [2.05, 4.69) is 11.8 Å². The number of rotatable bonds is 2. The Bertz CT molecular complexity index is 1840. The van der Waals surface area contributed by atoms with Crippen molar-refractivity contribution in [2.45, 2.75) is 18.8 Å². The van der Waals surface area contributed by atoms with Crippen LogP contribution in [0.4, 0.5) is 11.4 Å². The van der Waals surface area contributed by atoms with Gasteiger partial charge in [-0.25, -0.2) is 4.90 Å². The Labute approximate surface area is 218 Å². The van der Waals surface area contributed by atoms with Gasteiger partial charge in [-0.1, -0.05) is 42.2 Å². The predicted octanol–water partition coefficient (Wildman–Crippen LogP) is 4.59. The molecule has 7 rings (SSSR count). The first-order chi connectivity index (χ1) is 18.5. The van der Waals surface area contributed by atoms with E-state index in [4.69, 9.17) is 17.6 Å². The van der Waals surface area contributed by atoms with Gasteiger partial charge in [0.2, 0.25) is 5.91 Å². The Morgan fingerprint density at radius 1 is 0.763 bits per heavy atom. The Morgan fingerprint density at radius 2 is 1.42 bits per heavy atom. The molecule has 38 heavy (non-hydrogen) atoms. The highest BCUT2D eigenvalue weighted by Gasteiger charge is 2.51. The van der Waals surface area contributed by atoms with Crippen LogP contribution in [-0.4, -0.2) is 23.9 Å². The number of anilines is 2. The van der Waals surface area contributed by atoms with Gasteiger partial charge in [-0.3, -0.25) is 19.3 Å². The van der Waals surface area contributed by atoms with Crippen LogP contribution in [-0.2, 0) is 16.0 Å². The van der Waals surface area contributed by atoms with Gasteiger partial charge in [0.15, 0.2) is 6.23 Å². The lowest BCUT2D eigenvalue weighted by atomic mass is 10.00. The van der Waals surface area contributed by atoms with Crippen LogP contribution in [0.1, 0.15) is 49.1 Å². The molecule has 6 nitrogen and oxygen atoms in total. The van der Waals surface area contributed by atoms with Gasteiger partial charge < -0.3 is 4.74 Å². The van der Waals surface area contributed by atoms with Crippen molar-refractivity contribution in [1.29, 1.82) is 0 Å². The van der Waals surface area contributed by atoms with E-state index in [1.54, 1.807) is 35.2 Å². The average molecular weight is 495 g/mol. The second kappa shape index (κ2) is 7.91. The fraction of sp³-hybridized carbons (Fsp3) is 0.0938. The number of benzene rings is 4. The molecule has 0 aromatic heterocycles. The van der Waals surface area contributed by atoms with E-state index in [-0.39, 0.29) is 24.0 Å². The van der Waals surface area contributed by atoms with Gasteiger partial charge in [-0.15, -0.1) is 12.8 Å². The average Bonchev–Trinajstić information content (AvgIpc) is 3.69. The summed E-state index contributed by atoms with van der Waals surface area (Å²) in [6.45, 7) is 0. The number of hydrogen-bond donors (Lipinski definition) is 0. The molecule has 3 aliphatic rings. The van der Waals surface area contributed by atoms with Crippen LogP contribution in [0, 0.1) is 24.7 Å². The summed E-state index contributed by atoms with van der Waals surface area (Å²) in [5.41, 5.74) is 4.77. The van der Waals surface area contributed by atoms with E-state index in [0.29, 0.717) is 27.9 Å². The van der Waals surface area contributed by atoms with Crippen molar-refractivity contribution in [3.8, 4) is 24.7 Å². The minimum absolute atomic E-state index is 0.106. The largest absolute Gasteiger partial charge is 0.342 e. The fourth-order valence-electron chi connectivity index (χ4n) is 5.53. The van der Waals surface area contributed by atoms with Crippen molar-refractivity contribution >= 4 is 39.9 Å². The maximum atomic E-state index is 13.5. The molecule has 1 saturated heterocycles. The van der Waals surface area contributed by atoms with E-state index >= 15 is 0 Å². The lowest BCUT2D eigenvalue weighted by Crippen LogP contribution is -2.34. The van der Waals surface area contributed by atoms with Crippen LogP contribution in [0.25, 0.3) is 10.8 Å². The summed E-state index contributed by atoms with van der Waals surface area (Å²) in [4.78, 5) is 43.1. The molecule has 3 aliphatic heterocycles. The first kappa shape index (κ1) is 22.1. The third kappa shape index (κ3) is 3.05. The van der Waals surface area contributed by atoms with E-state index in [9.17, 15) is 14.4 Å². The van der Waals surface area contributed by atoms with E-state index in [1.807, 2.05) is 42.5 Å². The molecular weight excluding hydrogens is 476 g/mol. The Balaban J connectivity index is 1.32. The summed E-state index contributed by atoms with van der Waals surface area (Å²) in [6.07, 6.45) is 10.6. The first-order valence-electron chi connectivity index (χ1n) is 12.1. The lowest BCUT2D eigenvalue weighted by molar-refractivity contribution is -0.118. The topological polar surface area (TPSA) is 70.2 Å². The van der Waals surface area contributed by atoms with Crippen LogP contribution < -0.4 is 9.80 Å². The Hall–Kier alpha value is -5.17. The SMILES string of the molecule is C#Cc1ccc2c(c1)C(=O)N(c1cccc3c(N4C(=O)Cc5ccc(C#C)cc5C5OC54)cccc13)C2=O. The van der Waals surface area contributed by atoms with Crippen molar-refractivity contribution in [2.75, 3.05) is 9.80 Å². The zero-order valence-corrected chi connectivity index (χ0v) is 20.0. The molecule has 0 aliphatic carbocycles. The monoisotopic (exact) mass is 494 g/mol. The molecule has 0 saturated carbocycles. The lowest BCUT2D eigenvalue weighted by Gasteiger charge is -2.23. The standard InChI is InChI=1S/C32H18N2O4/c1-3-18-11-13-20-17-28(35)33(32-29(38-32)24(20)15-18)26-9-5-8-22-21(26)7-6-10-27(22)34-30(36)23-14-12-19(4-2)16-25(23)31(34)37/h1-2,5-16,29,32H,17H2. The molecule has 3 heterocycles. The van der Waals surface area contributed by atoms with Gasteiger partial charge in [0, 0.05) is 21.9 Å². The number of hydrogen-bond acceptors (Lipinski definition) is 4. The predicted molar refractivity (Wildman–Crippen MR) is 143 cm³/mol.